The van der Waals surface area contributed by atoms with Crippen LogP contribution in [-0.2, 0) is 9.59 Å². The van der Waals surface area contributed by atoms with Gasteiger partial charge in [-0.1, -0.05) is 32.0 Å². The van der Waals surface area contributed by atoms with Crippen molar-refractivity contribution in [3.8, 4) is 11.5 Å². The SMILES string of the molecule is CC1(C)CC(=O)C2=C(C1)N(c1ccccc1Br)C(=O)CC2c1ccc2c(c1)OCO2. The molecule has 0 saturated carbocycles. The third-order valence-corrected chi connectivity index (χ3v) is 6.71. The predicted octanol–water partition coefficient (Wildman–Crippen LogP) is 5.34. The number of benzene rings is 2. The van der Waals surface area contributed by atoms with Crippen LogP contribution < -0.4 is 14.4 Å². The summed E-state index contributed by atoms with van der Waals surface area (Å²) in [6.45, 7) is 4.36. The molecule has 2 aromatic carbocycles. The minimum absolute atomic E-state index is 0.00573. The molecule has 6 heteroatoms. The van der Waals surface area contributed by atoms with Crippen LogP contribution in [0.2, 0.25) is 0 Å². The fourth-order valence-electron chi connectivity index (χ4n) is 4.74. The van der Waals surface area contributed by atoms with Gasteiger partial charge in [-0.15, -0.1) is 0 Å². The minimum atomic E-state index is -0.274. The fourth-order valence-corrected chi connectivity index (χ4v) is 5.20. The van der Waals surface area contributed by atoms with Crippen molar-refractivity contribution < 1.29 is 19.1 Å². The van der Waals surface area contributed by atoms with Crippen LogP contribution in [0.25, 0.3) is 0 Å². The van der Waals surface area contributed by atoms with Crippen molar-refractivity contribution in [2.24, 2.45) is 5.41 Å². The Morgan fingerprint density at radius 3 is 2.60 bits per heavy atom. The first-order valence-electron chi connectivity index (χ1n) is 10.1. The van der Waals surface area contributed by atoms with E-state index < -0.39 is 0 Å². The van der Waals surface area contributed by atoms with Gasteiger partial charge in [-0.2, -0.15) is 0 Å². The fraction of sp³-hybridized carbons (Fsp3) is 0.333. The predicted molar refractivity (Wildman–Crippen MR) is 117 cm³/mol. The number of allylic oxidation sites excluding steroid dienone is 2. The summed E-state index contributed by atoms with van der Waals surface area (Å²) >= 11 is 3.58. The van der Waals surface area contributed by atoms with Gasteiger partial charge < -0.3 is 9.47 Å². The zero-order valence-corrected chi connectivity index (χ0v) is 18.5. The van der Waals surface area contributed by atoms with Gasteiger partial charge in [-0.25, -0.2) is 0 Å². The van der Waals surface area contributed by atoms with E-state index in [1.807, 2.05) is 42.5 Å². The molecule has 1 unspecified atom stereocenters. The Bertz CT molecular complexity index is 1100. The highest BCUT2D eigenvalue weighted by atomic mass is 79.9. The summed E-state index contributed by atoms with van der Waals surface area (Å²) in [6, 6.07) is 13.4. The summed E-state index contributed by atoms with van der Waals surface area (Å²) in [6.07, 6.45) is 1.39. The average Bonchev–Trinajstić information content (AvgIpc) is 3.15. The van der Waals surface area contributed by atoms with Gasteiger partial charge >= 0.3 is 0 Å². The molecule has 2 aliphatic heterocycles. The molecule has 0 aromatic heterocycles. The molecule has 2 aromatic rings. The minimum Gasteiger partial charge on any atom is -0.454 e. The third kappa shape index (κ3) is 3.14. The number of para-hydroxylation sites is 1. The van der Waals surface area contributed by atoms with Crippen LogP contribution in [0.4, 0.5) is 5.69 Å². The maximum Gasteiger partial charge on any atom is 0.232 e. The number of rotatable bonds is 2. The van der Waals surface area contributed by atoms with Crippen LogP contribution in [0.5, 0.6) is 11.5 Å². The normalized spacial score (nSPS) is 22.4. The summed E-state index contributed by atoms with van der Waals surface area (Å²) in [5.41, 5.74) is 3.07. The van der Waals surface area contributed by atoms with Crippen molar-refractivity contribution in [2.45, 2.75) is 39.0 Å². The van der Waals surface area contributed by atoms with Crippen molar-refractivity contribution >= 4 is 33.3 Å². The zero-order chi connectivity index (χ0) is 21.0. The highest BCUT2D eigenvalue weighted by Crippen LogP contribution is 2.49. The Labute approximate surface area is 183 Å². The molecule has 30 heavy (non-hydrogen) atoms. The molecule has 5 nitrogen and oxygen atoms in total. The molecule has 5 rings (SSSR count). The molecule has 1 aliphatic carbocycles. The summed E-state index contributed by atoms with van der Waals surface area (Å²) in [7, 11) is 0. The van der Waals surface area contributed by atoms with Crippen molar-refractivity contribution in [1.29, 1.82) is 0 Å². The van der Waals surface area contributed by atoms with Crippen LogP contribution in [-0.4, -0.2) is 18.5 Å². The van der Waals surface area contributed by atoms with E-state index in [0.717, 1.165) is 27.0 Å². The van der Waals surface area contributed by atoms with Gasteiger partial charge in [-0.3, -0.25) is 14.5 Å². The van der Waals surface area contributed by atoms with E-state index in [9.17, 15) is 9.59 Å². The third-order valence-electron chi connectivity index (χ3n) is 6.04. The zero-order valence-electron chi connectivity index (χ0n) is 16.9. The Balaban J connectivity index is 1.68. The number of amides is 1. The van der Waals surface area contributed by atoms with Gasteiger partial charge in [0.15, 0.2) is 17.3 Å². The summed E-state index contributed by atoms with van der Waals surface area (Å²) in [5, 5.41) is 0. The van der Waals surface area contributed by atoms with Crippen LogP contribution in [0.3, 0.4) is 0 Å². The van der Waals surface area contributed by atoms with E-state index in [-0.39, 0.29) is 36.2 Å². The largest absolute Gasteiger partial charge is 0.454 e. The number of ketones is 1. The number of halogens is 1. The molecule has 1 amide bonds. The topological polar surface area (TPSA) is 55.8 Å². The Morgan fingerprint density at radius 1 is 1.03 bits per heavy atom. The van der Waals surface area contributed by atoms with Crippen molar-refractivity contribution in [3.63, 3.8) is 0 Å². The molecule has 154 valence electrons. The number of Topliss-reactive ketones (excluding diaryl/α,β-unsaturated/α-hetero) is 1. The number of fused-ring (bicyclic) bond motifs is 1. The molecule has 2 heterocycles. The van der Waals surface area contributed by atoms with Crippen molar-refractivity contribution in [3.05, 3.63) is 63.8 Å². The molecule has 0 radical (unpaired) electrons. The van der Waals surface area contributed by atoms with Gasteiger partial charge in [0.05, 0.1) is 5.69 Å². The number of carbonyl (C=O) groups is 2. The quantitative estimate of drug-likeness (QED) is 0.597. The number of anilines is 1. The molecule has 0 bridgehead atoms. The van der Waals surface area contributed by atoms with Crippen LogP contribution >= 0.6 is 15.9 Å². The van der Waals surface area contributed by atoms with Gasteiger partial charge in [0, 0.05) is 34.5 Å². The average molecular weight is 468 g/mol. The summed E-state index contributed by atoms with van der Waals surface area (Å²) < 4.78 is 11.8. The molecular weight excluding hydrogens is 446 g/mol. The second kappa shape index (κ2) is 6.98. The number of carbonyl (C=O) groups excluding carboxylic acids is 2. The Hall–Kier alpha value is -2.60. The molecule has 0 N–H and O–H groups in total. The highest BCUT2D eigenvalue weighted by molar-refractivity contribution is 9.10. The van der Waals surface area contributed by atoms with Gasteiger partial charge in [-0.05, 0) is 57.6 Å². The first-order chi connectivity index (χ1) is 14.3. The molecule has 0 spiro atoms. The lowest BCUT2D eigenvalue weighted by Crippen LogP contribution is -2.43. The summed E-state index contributed by atoms with van der Waals surface area (Å²) in [4.78, 5) is 28.6. The molecule has 1 atom stereocenters. The molecule has 0 saturated heterocycles. The summed E-state index contributed by atoms with van der Waals surface area (Å²) in [5.74, 6) is 1.20. The van der Waals surface area contributed by atoms with E-state index in [2.05, 4.69) is 29.8 Å². The molecule has 3 aliphatic rings. The standard InChI is InChI=1S/C24H22BrNO4/c1-24(2)11-18-23(19(27)12-24)15(14-7-8-20-21(9-14)30-13-29-20)10-22(28)26(18)17-6-4-3-5-16(17)25/h3-9,15H,10-13H2,1-2H3. The second-order valence-corrected chi connectivity index (χ2v) is 9.71. The highest BCUT2D eigenvalue weighted by Gasteiger charge is 2.44. The van der Waals surface area contributed by atoms with Crippen LogP contribution in [0.1, 0.15) is 44.6 Å². The van der Waals surface area contributed by atoms with E-state index in [0.29, 0.717) is 24.3 Å². The van der Waals surface area contributed by atoms with Gasteiger partial charge in [0.25, 0.3) is 0 Å². The first-order valence-corrected chi connectivity index (χ1v) is 10.9. The van der Waals surface area contributed by atoms with Crippen LogP contribution in [0, 0.1) is 5.41 Å². The van der Waals surface area contributed by atoms with E-state index in [1.165, 1.54) is 0 Å². The maximum absolute atomic E-state index is 13.4. The number of ether oxygens (including phenoxy) is 2. The van der Waals surface area contributed by atoms with E-state index >= 15 is 0 Å². The Morgan fingerprint density at radius 2 is 1.80 bits per heavy atom. The van der Waals surface area contributed by atoms with Crippen molar-refractivity contribution in [1.82, 2.24) is 0 Å². The molecule has 0 fully saturated rings. The smallest absolute Gasteiger partial charge is 0.232 e. The number of hydrogen-bond acceptors (Lipinski definition) is 4. The lowest BCUT2D eigenvalue weighted by molar-refractivity contribution is -0.121. The van der Waals surface area contributed by atoms with Crippen molar-refractivity contribution in [2.75, 3.05) is 11.7 Å². The van der Waals surface area contributed by atoms with E-state index in [4.69, 9.17) is 9.47 Å². The second-order valence-electron chi connectivity index (χ2n) is 8.85. The van der Waals surface area contributed by atoms with Gasteiger partial charge in [0.2, 0.25) is 12.7 Å². The molecular formula is C24H22BrNO4. The maximum atomic E-state index is 13.4. The first kappa shape index (κ1) is 19.4. The number of hydrogen-bond donors (Lipinski definition) is 0. The lowest BCUT2D eigenvalue weighted by atomic mass is 9.69. The number of nitrogens with zero attached hydrogens (tertiary/aromatic N) is 1. The van der Waals surface area contributed by atoms with Crippen LogP contribution in [0.15, 0.2) is 58.2 Å². The van der Waals surface area contributed by atoms with E-state index in [1.54, 1.807) is 4.90 Å². The monoisotopic (exact) mass is 467 g/mol. The van der Waals surface area contributed by atoms with Gasteiger partial charge in [0.1, 0.15) is 0 Å². The lowest BCUT2D eigenvalue weighted by Gasteiger charge is -2.43. The Kier molecular flexibility index (Phi) is 4.51.